The van der Waals surface area contributed by atoms with Gasteiger partial charge in [0.15, 0.2) is 6.61 Å². The zero-order valence-corrected chi connectivity index (χ0v) is 13.3. The van der Waals surface area contributed by atoms with Gasteiger partial charge >= 0.3 is 5.92 Å². The van der Waals surface area contributed by atoms with Gasteiger partial charge in [-0.2, -0.15) is 8.78 Å². The Balaban J connectivity index is 2.26. The van der Waals surface area contributed by atoms with Crippen LogP contribution < -0.4 is 9.46 Å². The van der Waals surface area contributed by atoms with Crippen LogP contribution in [0.4, 0.5) is 8.78 Å². The van der Waals surface area contributed by atoms with Gasteiger partial charge in [0.2, 0.25) is 0 Å². The number of nitrogens with one attached hydrogen (secondary N) is 1. The highest BCUT2D eigenvalue weighted by Crippen LogP contribution is 2.44. The van der Waals surface area contributed by atoms with E-state index in [0.29, 0.717) is 11.1 Å². The predicted octanol–water partition coefficient (Wildman–Crippen LogP) is 3.58. The number of halogens is 2. The van der Waals surface area contributed by atoms with Gasteiger partial charge in [0, 0.05) is 11.8 Å². The SMILES string of the molecule is C/C(=C\N[S@+]([O-])C(C)(C)C)c1cccc2c1OCC2(F)F. The number of para-hydroxylation sites is 1. The maximum atomic E-state index is 13.6. The molecule has 116 valence electrons. The predicted molar refractivity (Wildman–Crippen MR) is 80.5 cm³/mol. The highest BCUT2D eigenvalue weighted by atomic mass is 32.2. The Kier molecular flexibility index (Phi) is 4.22. The molecule has 0 radical (unpaired) electrons. The molecule has 3 nitrogen and oxygen atoms in total. The van der Waals surface area contributed by atoms with Crippen molar-refractivity contribution < 1.29 is 18.1 Å². The second-order valence-corrected chi connectivity index (χ2v) is 8.00. The minimum Gasteiger partial charge on any atom is -0.593 e. The van der Waals surface area contributed by atoms with Gasteiger partial charge in [-0.05, 0) is 39.3 Å². The maximum Gasteiger partial charge on any atom is 0.310 e. The number of hydrogen-bond acceptors (Lipinski definition) is 3. The summed E-state index contributed by atoms with van der Waals surface area (Å²) in [6, 6.07) is 4.67. The van der Waals surface area contributed by atoms with E-state index in [2.05, 4.69) is 4.72 Å². The van der Waals surface area contributed by atoms with Crippen LogP contribution in [0.2, 0.25) is 0 Å². The summed E-state index contributed by atoms with van der Waals surface area (Å²) in [6.07, 6.45) is 1.58. The monoisotopic (exact) mass is 315 g/mol. The summed E-state index contributed by atoms with van der Waals surface area (Å²) in [5.74, 6) is -2.74. The quantitative estimate of drug-likeness (QED) is 0.867. The van der Waals surface area contributed by atoms with Gasteiger partial charge < -0.3 is 9.29 Å². The zero-order chi connectivity index (χ0) is 15.8. The summed E-state index contributed by atoms with van der Waals surface area (Å²) in [7, 11) is 0. The van der Waals surface area contributed by atoms with Gasteiger partial charge in [0.1, 0.15) is 10.5 Å². The molecular weight excluding hydrogens is 296 g/mol. The van der Waals surface area contributed by atoms with Crippen molar-refractivity contribution in [3.63, 3.8) is 0 Å². The number of fused-ring (bicyclic) bond motifs is 1. The number of allylic oxidation sites excluding steroid dienone is 1. The largest absolute Gasteiger partial charge is 0.593 e. The molecule has 0 saturated carbocycles. The fraction of sp³-hybridized carbons (Fsp3) is 0.467. The molecule has 0 unspecified atom stereocenters. The lowest BCUT2D eigenvalue weighted by molar-refractivity contribution is -0.0214. The van der Waals surface area contributed by atoms with E-state index in [4.69, 9.17) is 4.74 Å². The fourth-order valence-electron chi connectivity index (χ4n) is 1.93. The molecule has 1 N–H and O–H groups in total. The molecule has 6 heteroatoms. The Morgan fingerprint density at radius 1 is 1.43 bits per heavy atom. The lowest BCUT2D eigenvalue weighted by atomic mass is 10.0. The number of rotatable bonds is 3. The third-order valence-electron chi connectivity index (χ3n) is 3.17. The Morgan fingerprint density at radius 3 is 2.71 bits per heavy atom. The summed E-state index contributed by atoms with van der Waals surface area (Å²) < 4.78 is 46.8. The molecule has 0 fully saturated rings. The normalized spacial score (nSPS) is 18.9. The van der Waals surface area contributed by atoms with Crippen LogP contribution in [-0.2, 0) is 17.3 Å². The molecule has 0 bridgehead atoms. The standard InChI is InChI=1S/C15H19F2NO2S/c1-10(8-18-21(19)14(2,3)4)11-6-5-7-12-13(11)20-9-15(12,16)17/h5-8,18H,9H2,1-4H3/b10-8+/t21-/m1/s1. The van der Waals surface area contributed by atoms with Gasteiger partial charge in [0.05, 0.1) is 16.9 Å². The average Bonchev–Trinajstić information content (AvgIpc) is 2.70. The maximum absolute atomic E-state index is 13.6. The molecule has 21 heavy (non-hydrogen) atoms. The van der Waals surface area contributed by atoms with Crippen LogP contribution in [0.1, 0.15) is 38.8 Å². The van der Waals surface area contributed by atoms with Crippen LogP contribution in [0, 0.1) is 0 Å². The van der Waals surface area contributed by atoms with E-state index in [1.165, 1.54) is 6.07 Å². The van der Waals surface area contributed by atoms with Crippen molar-refractivity contribution in [1.82, 2.24) is 4.72 Å². The van der Waals surface area contributed by atoms with Crippen molar-refractivity contribution in [2.45, 2.75) is 38.4 Å². The molecular formula is C15H19F2NO2S. The summed E-state index contributed by atoms with van der Waals surface area (Å²) in [6.45, 7) is 6.69. The van der Waals surface area contributed by atoms with Crippen molar-refractivity contribution in [3.8, 4) is 5.75 Å². The molecule has 1 aliphatic rings. The van der Waals surface area contributed by atoms with Gasteiger partial charge in [-0.3, -0.25) is 0 Å². The minimum atomic E-state index is -2.95. The molecule has 0 spiro atoms. The van der Waals surface area contributed by atoms with E-state index in [1.54, 1.807) is 25.3 Å². The van der Waals surface area contributed by atoms with Crippen molar-refractivity contribution >= 4 is 16.9 Å². The van der Waals surface area contributed by atoms with Crippen molar-refractivity contribution in [1.29, 1.82) is 0 Å². The van der Waals surface area contributed by atoms with Crippen LogP contribution in [0.25, 0.3) is 5.57 Å². The van der Waals surface area contributed by atoms with E-state index >= 15 is 0 Å². The molecule has 0 aliphatic carbocycles. The van der Waals surface area contributed by atoms with E-state index in [9.17, 15) is 13.3 Å². The summed E-state index contributed by atoms with van der Waals surface area (Å²) in [5, 5.41) is 0. The first-order chi connectivity index (χ1) is 9.63. The van der Waals surface area contributed by atoms with Gasteiger partial charge in [-0.1, -0.05) is 12.1 Å². The van der Waals surface area contributed by atoms with Crippen LogP contribution >= 0.6 is 0 Å². The lowest BCUT2D eigenvalue weighted by Gasteiger charge is -2.22. The Labute approximate surface area is 126 Å². The third kappa shape index (κ3) is 3.32. The first kappa shape index (κ1) is 16.1. The summed E-state index contributed by atoms with van der Waals surface area (Å²) in [5.41, 5.74) is 1.19. The van der Waals surface area contributed by atoms with Crippen molar-refractivity contribution in [3.05, 3.63) is 35.5 Å². The van der Waals surface area contributed by atoms with Gasteiger partial charge in [0.25, 0.3) is 0 Å². The molecule has 0 amide bonds. The van der Waals surface area contributed by atoms with Crippen LogP contribution in [0.5, 0.6) is 5.75 Å². The number of alkyl halides is 2. The van der Waals surface area contributed by atoms with Crippen molar-refractivity contribution in [2.24, 2.45) is 0 Å². The number of ether oxygens (including phenoxy) is 1. The Hall–Kier alpha value is -1.27. The van der Waals surface area contributed by atoms with Gasteiger partial charge in [-0.25, -0.2) is 4.72 Å². The molecule has 1 aromatic carbocycles. The molecule has 0 aromatic heterocycles. The van der Waals surface area contributed by atoms with E-state index < -0.39 is 28.6 Å². The molecule has 1 aliphatic heterocycles. The highest BCUT2D eigenvalue weighted by Gasteiger charge is 2.42. The summed E-state index contributed by atoms with van der Waals surface area (Å²) >= 11 is -1.26. The topological polar surface area (TPSA) is 44.3 Å². The molecule has 2 rings (SSSR count). The first-order valence-electron chi connectivity index (χ1n) is 6.62. The fourth-order valence-corrected chi connectivity index (χ4v) is 2.57. The van der Waals surface area contributed by atoms with E-state index in [1.807, 2.05) is 20.8 Å². The highest BCUT2D eigenvalue weighted by molar-refractivity contribution is 7.90. The van der Waals surface area contributed by atoms with E-state index in [-0.39, 0.29) is 11.3 Å². The molecule has 1 atom stereocenters. The van der Waals surface area contributed by atoms with Crippen LogP contribution in [-0.4, -0.2) is 15.9 Å². The smallest absolute Gasteiger partial charge is 0.310 e. The Bertz CT molecular complexity index is 567. The second-order valence-electron chi connectivity index (χ2n) is 6.00. The third-order valence-corrected chi connectivity index (χ3v) is 4.61. The lowest BCUT2D eigenvalue weighted by Crippen LogP contribution is -2.36. The minimum absolute atomic E-state index is 0.0929. The number of hydrogen-bond donors (Lipinski definition) is 1. The second kappa shape index (κ2) is 5.50. The molecule has 1 heterocycles. The van der Waals surface area contributed by atoms with Crippen LogP contribution in [0.3, 0.4) is 0 Å². The molecule has 1 aromatic rings. The first-order valence-corrected chi connectivity index (χ1v) is 7.77. The Morgan fingerprint density at radius 2 is 2.10 bits per heavy atom. The number of benzene rings is 1. The van der Waals surface area contributed by atoms with Crippen molar-refractivity contribution in [2.75, 3.05) is 6.61 Å². The van der Waals surface area contributed by atoms with Gasteiger partial charge in [-0.15, -0.1) is 0 Å². The van der Waals surface area contributed by atoms with E-state index in [0.717, 1.165) is 0 Å². The zero-order valence-electron chi connectivity index (χ0n) is 12.5. The molecule has 0 saturated heterocycles. The summed E-state index contributed by atoms with van der Waals surface area (Å²) in [4.78, 5) is 0. The average molecular weight is 315 g/mol. The van der Waals surface area contributed by atoms with Crippen LogP contribution in [0.15, 0.2) is 24.4 Å².